The Labute approximate surface area is 136 Å². The van der Waals surface area contributed by atoms with Crippen LogP contribution in [0.1, 0.15) is 15.9 Å². The van der Waals surface area contributed by atoms with Gasteiger partial charge in [-0.25, -0.2) is 0 Å². The molecule has 0 N–H and O–H groups in total. The van der Waals surface area contributed by atoms with Gasteiger partial charge in [0.2, 0.25) is 0 Å². The van der Waals surface area contributed by atoms with E-state index in [1.807, 2.05) is 30.3 Å². The van der Waals surface area contributed by atoms with Gasteiger partial charge in [0.1, 0.15) is 5.75 Å². The Morgan fingerprint density at radius 1 is 0.913 bits per heavy atom. The van der Waals surface area contributed by atoms with Crippen molar-refractivity contribution in [2.45, 2.75) is 6.54 Å². The second-order valence-electron chi connectivity index (χ2n) is 5.05. The van der Waals surface area contributed by atoms with Crippen molar-refractivity contribution in [1.29, 1.82) is 0 Å². The van der Waals surface area contributed by atoms with Gasteiger partial charge in [0, 0.05) is 25.7 Å². The van der Waals surface area contributed by atoms with Gasteiger partial charge >= 0.3 is 0 Å². The minimum absolute atomic E-state index is 0.147. The molecule has 0 fully saturated rings. The zero-order valence-corrected chi connectivity index (χ0v) is 13.8. The van der Waals surface area contributed by atoms with Gasteiger partial charge in [-0.3, -0.25) is 4.79 Å². The van der Waals surface area contributed by atoms with E-state index >= 15 is 0 Å². The van der Waals surface area contributed by atoms with Crippen LogP contribution >= 0.6 is 0 Å². The number of ether oxygens (including phenoxy) is 3. The fraction of sp³-hybridized carbons (Fsp3) is 0.278. The molecule has 0 aromatic heterocycles. The summed E-state index contributed by atoms with van der Waals surface area (Å²) in [6.45, 7) is 0.511. The number of rotatable bonds is 6. The molecule has 0 saturated heterocycles. The van der Waals surface area contributed by atoms with Gasteiger partial charge in [-0.05, 0) is 5.56 Å². The number of carbonyl (C=O) groups is 1. The van der Waals surface area contributed by atoms with E-state index in [-0.39, 0.29) is 5.91 Å². The number of methoxy groups -OCH3 is 3. The van der Waals surface area contributed by atoms with Crippen LogP contribution < -0.4 is 14.2 Å². The summed E-state index contributed by atoms with van der Waals surface area (Å²) in [4.78, 5) is 14.4. The number of nitrogens with zero attached hydrogens (tertiary/aromatic N) is 1. The third-order valence-corrected chi connectivity index (χ3v) is 3.55. The number of benzene rings is 2. The normalized spacial score (nSPS) is 10.1. The average molecular weight is 315 g/mol. The van der Waals surface area contributed by atoms with Crippen LogP contribution in [0.5, 0.6) is 17.2 Å². The van der Waals surface area contributed by atoms with E-state index in [1.165, 1.54) is 14.2 Å². The zero-order chi connectivity index (χ0) is 16.8. The molecule has 1 amide bonds. The first-order valence-electron chi connectivity index (χ1n) is 7.20. The maximum atomic E-state index is 12.7. The second-order valence-corrected chi connectivity index (χ2v) is 5.05. The molecule has 23 heavy (non-hydrogen) atoms. The Balaban J connectivity index is 2.30. The number of carbonyl (C=O) groups excluding carboxylic acids is 1. The number of hydrogen-bond acceptors (Lipinski definition) is 4. The van der Waals surface area contributed by atoms with Crippen molar-refractivity contribution in [3.8, 4) is 17.2 Å². The van der Waals surface area contributed by atoms with E-state index in [1.54, 1.807) is 31.2 Å². The maximum absolute atomic E-state index is 12.7. The smallest absolute Gasteiger partial charge is 0.257 e. The van der Waals surface area contributed by atoms with Gasteiger partial charge < -0.3 is 19.1 Å². The van der Waals surface area contributed by atoms with Gasteiger partial charge in [-0.15, -0.1) is 0 Å². The minimum Gasteiger partial charge on any atom is -0.496 e. The molecule has 5 nitrogen and oxygen atoms in total. The lowest BCUT2D eigenvalue weighted by Crippen LogP contribution is -2.26. The molecule has 0 aliphatic carbocycles. The number of hydrogen-bond donors (Lipinski definition) is 0. The summed E-state index contributed by atoms with van der Waals surface area (Å²) in [5.41, 5.74) is 1.49. The first-order chi connectivity index (χ1) is 11.1. The van der Waals surface area contributed by atoms with Crippen molar-refractivity contribution in [2.75, 3.05) is 28.4 Å². The Hall–Kier alpha value is -2.69. The Morgan fingerprint density at radius 2 is 1.48 bits per heavy atom. The molecule has 122 valence electrons. The fourth-order valence-electron chi connectivity index (χ4n) is 2.33. The second kappa shape index (κ2) is 7.54. The van der Waals surface area contributed by atoms with Crippen molar-refractivity contribution in [3.63, 3.8) is 0 Å². The van der Waals surface area contributed by atoms with Crippen LogP contribution in [0.3, 0.4) is 0 Å². The van der Waals surface area contributed by atoms with E-state index in [4.69, 9.17) is 14.2 Å². The van der Waals surface area contributed by atoms with Crippen LogP contribution in [0, 0.1) is 0 Å². The van der Waals surface area contributed by atoms with Gasteiger partial charge in [-0.1, -0.05) is 30.3 Å². The lowest BCUT2D eigenvalue weighted by atomic mass is 10.1. The Bertz CT molecular complexity index is 670. The molecule has 0 spiro atoms. The topological polar surface area (TPSA) is 48.0 Å². The minimum atomic E-state index is -0.147. The molecule has 0 radical (unpaired) electrons. The fourth-order valence-corrected chi connectivity index (χ4v) is 2.33. The van der Waals surface area contributed by atoms with Gasteiger partial charge in [0.15, 0.2) is 11.5 Å². The standard InChI is InChI=1S/C18H21NO4/c1-19(12-13-8-6-5-7-9-13)18(20)14-10-16(22-3)17(23-4)11-15(14)21-2/h5-11H,12H2,1-4H3. The predicted molar refractivity (Wildman–Crippen MR) is 88.3 cm³/mol. The average Bonchev–Trinajstić information content (AvgIpc) is 2.60. The SMILES string of the molecule is COc1cc(OC)c(C(=O)N(C)Cc2ccccc2)cc1OC. The highest BCUT2D eigenvalue weighted by molar-refractivity contribution is 5.97. The van der Waals surface area contributed by atoms with Crippen molar-refractivity contribution in [2.24, 2.45) is 0 Å². The molecular formula is C18H21NO4. The van der Waals surface area contributed by atoms with Crippen LogP contribution in [0.25, 0.3) is 0 Å². The monoisotopic (exact) mass is 315 g/mol. The van der Waals surface area contributed by atoms with Crippen LogP contribution in [0.4, 0.5) is 0 Å². The molecule has 5 heteroatoms. The number of amides is 1. The van der Waals surface area contributed by atoms with E-state index in [9.17, 15) is 4.79 Å². The predicted octanol–water partition coefficient (Wildman–Crippen LogP) is 2.98. The third-order valence-electron chi connectivity index (χ3n) is 3.55. The van der Waals surface area contributed by atoms with Gasteiger partial charge in [0.25, 0.3) is 5.91 Å². The van der Waals surface area contributed by atoms with Crippen LogP contribution in [-0.2, 0) is 6.54 Å². The van der Waals surface area contributed by atoms with E-state index < -0.39 is 0 Å². The Morgan fingerprint density at radius 3 is 2.04 bits per heavy atom. The van der Waals surface area contributed by atoms with Crippen LogP contribution in [0.2, 0.25) is 0 Å². The van der Waals surface area contributed by atoms with Gasteiger partial charge in [0.05, 0.1) is 26.9 Å². The van der Waals surface area contributed by atoms with Crippen LogP contribution in [0.15, 0.2) is 42.5 Å². The summed E-state index contributed by atoms with van der Waals surface area (Å²) in [7, 11) is 6.35. The van der Waals surface area contributed by atoms with Gasteiger partial charge in [-0.2, -0.15) is 0 Å². The highest BCUT2D eigenvalue weighted by atomic mass is 16.5. The van der Waals surface area contributed by atoms with E-state index in [0.717, 1.165) is 5.56 Å². The highest BCUT2D eigenvalue weighted by Gasteiger charge is 2.20. The molecule has 0 heterocycles. The molecule has 2 rings (SSSR count). The summed E-state index contributed by atoms with van der Waals surface area (Å²) in [6.07, 6.45) is 0. The Kier molecular flexibility index (Phi) is 5.46. The van der Waals surface area contributed by atoms with Crippen molar-refractivity contribution >= 4 is 5.91 Å². The summed E-state index contributed by atoms with van der Waals surface area (Å²) in [6, 6.07) is 13.1. The molecule has 0 unspecified atom stereocenters. The summed E-state index contributed by atoms with van der Waals surface area (Å²) in [5, 5.41) is 0. The molecule has 0 bridgehead atoms. The maximum Gasteiger partial charge on any atom is 0.257 e. The summed E-state index contributed by atoms with van der Waals surface area (Å²) in [5.74, 6) is 1.32. The molecule has 0 atom stereocenters. The molecule has 0 saturated carbocycles. The zero-order valence-electron chi connectivity index (χ0n) is 13.8. The van der Waals surface area contributed by atoms with Crippen molar-refractivity contribution in [1.82, 2.24) is 4.90 Å². The lowest BCUT2D eigenvalue weighted by Gasteiger charge is -2.20. The van der Waals surface area contributed by atoms with Crippen molar-refractivity contribution < 1.29 is 19.0 Å². The summed E-state index contributed by atoms with van der Waals surface area (Å²) >= 11 is 0. The molecule has 2 aromatic rings. The van der Waals surface area contributed by atoms with E-state index in [2.05, 4.69) is 0 Å². The lowest BCUT2D eigenvalue weighted by molar-refractivity contribution is 0.0781. The molecule has 0 aliphatic heterocycles. The first-order valence-corrected chi connectivity index (χ1v) is 7.20. The largest absolute Gasteiger partial charge is 0.496 e. The first kappa shape index (κ1) is 16.7. The quantitative estimate of drug-likeness (QED) is 0.822. The van der Waals surface area contributed by atoms with E-state index in [0.29, 0.717) is 29.4 Å². The molecule has 0 aliphatic rings. The molecular weight excluding hydrogens is 294 g/mol. The van der Waals surface area contributed by atoms with Crippen molar-refractivity contribution in [3.05, 3.63) is 53.6 Å². The molecule has 2 aromatic carbocycles. The third kappa shape index (κ3) is 3.74. The highest BCUT2D eigenvalue weighted by Crippen LogP contribution is 2.35. The van der Waals surface area contributed by atoms with Crippen LogP contribution in [-0.4, -0.2) is 39.2 Å². The summed E-state index contributed by atoms with van der Waals surface area (Å²) < 4.78 is 15.8.